The van der Waals surface area contributed by atoms with Crippen LogP contribution in [-0.4, -0.2) is 73.1 Å². The van der Waals surface area contributed by atoms with Crippen molar-refractivity contribution in [3.05, 3.63) is 29.3 Å². The first-order valence-electron chi connectivity index (χ1n) is 8.71. The second kappa shape index (κ2) is 7.43. The first-order valence-corrected chi connectivity index (χ1v) is 8.71. The highest BCUT2D eigenvalue weighted by atomic mass is 19.4. The van der Waals surface area contributed by atoms with Gasteiger partial charge in [0.05, 0.1) is 11.1 Å². The maximum absolute atomic E-state index is 12.9. The molecule has 0 saturated carbocycles. The Morgan fingerprint density at radius 2 is 1.43 bits per heavy atom. The molecule has 0 radical (unpaired) electrons. The van der Waals surface area contributed by atoms with E-state index >= 15 is 0 Å². The standard InChI is InChI=1S/C17H20F6N4O/c1-25-2-4-26(5-3-25)14-9-27(10-14)15(28)24-13-7-11(16(18,19)20)6-12(8-13)17(21,22)23/h6-8,14H,2-5,9-10H2,1H3,(H,24,28). The van der Waals surface area contributed by atoms with Crippen molar-refractivity contribution in [2.24, 2.45) is 0 Å². The lowest BCUT2D eigenvalue weighted by molar-refractivity contribution is -0.143. The molecule has 2 saturated heterocycles. The summed E-state index contributed by atoms with van der Waals surface area (Å²) in [4.78, 5) is 18.0. The number of anilines is 1. The van der Waals surface area contributed by atoms with Crippen molar-refractivity contribution in [3.8, 4) is 0 Å². The van der Waals surface area contributed by atoms with E-state index < -0.39 is 35.2 Å². The van der Waals surface area contributed by atoms with E-state index in [1.54, 1.807) is 0 Å². The van der Waals surface area contributed by atoms with Crippen LogP contribution < -0.4 is 5.32 Å². The van der Waals surface area contributed by atoms with Gasteiger partial charge < -0.3 is 15.1 Å². The molecule has 156 valence electrons. The number of hydrogen-bond donors (Lipinski definition) is 1. The summed E-state index contributed by atoms with van der Waals surface area (Å²) in [7, 11) is 2.02. The van der Waals surface area contributed by atoms with Crippen molar-refractivity contribution in [1.82, 2.24) is 14.7 Å². The normalized spacial score (nSPS) is 20.2. The van der Waals surface area contributed by atoms with Crippen LogP contribution in [0.2, 0.25) is 0 Å². The lowest BCUT2D eigenvalue weighted by atomic mass is 10.1. The number of likely N-dealkylation sites (N-methyl/N-ethyl adjacent to an activating group) is 1. The molecule has 2 heterocycles. The fraction of sp³-hybridized carbons (Fsp3) is 0.588. The molecule has 0 spiro atoms. The summed E-state index contributed by atoms with van der Waals surface area (Å²) in [5, 5.41) is 2.16. The quantitative estimate of drug-likeness (QED) is 0.762. The van der Waals surface area contributed by atoms with Crippen LogP contribution >= 0.6 is 0 Å². The fourth-order valence-electron chi connectivity index (χ4n) is 3.27. The third-order valence-corrected chi connectivity index (χ3v) is 5.04. The smallest absolute Gasteiger partial charge is 0.321 e. The molecule has 2 amide bonds. The average molecular weight is 410 g/mol. The van der Waals surface area contributed by atoms with E-state index in [4.69, 9.17) is 0 Å². The van der Waals surface area contributed by atoms with Gasteiger partial charge in [0.25, 0.3) is 0 Å². The van der Waals surface area contributed by atoms with Gasteiger partial charge in [-0.15, -0.1) is 0 Å². The molecule has 11 heteroatoms. The van der Waals surface area contributed by atoms with Crippen LogP contribution in [0.3, 0.4) is 0 Å². The minimum Gasteiger partial charge on any atom is -0.321 e. The van der Waals surface area contributed by atoms with E-state index in [2.05, 4.69) is 15.1 Å². The Morgan fingerprint density at radius 1 is 0.929 bits per heavy atom. The summed E-state index contributed by atoms with van der Waals surface area (Å²) in [5.74, 6) is 0. The number of alkyl halides is 6. The molecule has 2 fully saturated rings. The monoisotopic (exact) mass is 410 g/mol. The van der Waals surface area contributed by atoms with Crippen molar-refractivity contribution in [2.75, 3.05) is 51.6 Å². The number of hydrogen-bond acceptors (Lipinski definition) is 3. The number of carbonyl (C=O) groups excluding carboxylic acids is 1. The molecule has 1 N–H and O–H groups in total. The minimum atomic E-state index is -4.95. The maximum atomic E-state index is 12.9. The minimum absolute atomic E-state index is 0.0304. The molecule has 0 unspecified atom stereocenters. The highest BCUT2D eigenvalue weighted by molar-refractivity contribution is 5.90. The van der Waals surface area contributed by atoms with Crippen LogP contribution in [0, 0.1) is 0 Å². The average Bonchev–Trinajstić information content (AvgIpc) is 2.53. The highest BCUT2D eigenvalue weighted by Gasteiger charge is 2.38. The van der Waals surface area contributed by atoms with Crippen LogP contribution in [0.15, 0.2) is 18.2 Å². The predicted octanol–water partition coefficient (Wildman–Crippen LogP) is 3.19. The first kappa shape index (κ1) is 20.7. The maximum Gasteiger partial charge on any atom is 0.416 e. The van der Waals surface area contributed by atoms with Crippen LogP contribution in [0.5, 0.6) is 0 Å². The number of carbonyl (C=O) groups is 1. The molecule has 5 nitrogen and oxygen atoms in total. The van der Waals surface area contributed by atoms with Crippen LogP contribution in [0.1, 0.15) is 11.1 Å². The van der Waals surface area contributed by atoms with Gasteiger partial charge in [-0.05, 0) is 25.2 Å². The second-order valence-electron chi connectivity index (χ2n) is 7.12. The summed E-state index contributed by atoms with van der Waals surface area (Å²) in [6.45, 7) is 4.32. The second-order valence-corrected chi connectivity index (χ2v) is 7.12. The summed E-state index contributed by atoms with van der Waals surface area (Å²) in [6, 6.07) is 0.489. The molecule has 0 aromatic heterocycles. The van der Waals surface area contributed by atoms with Gasteiger partial charge in [-0.2, -0.15) is 26.3 Å². The molecule has 0 atom stereocenters. The van der Waals surface area contributed by atoms with E-state index in [0.717, 1.165) is 26.2 Å². The van der Waals surface area contributed by atoms with Gasteiger partial charge in [0.15, 0.2) is 0 Å². The van der Waals surface area contributed by atoms with Crippen LogP contribution in [0.25, 0.3) is 0 Å². The zero-order valence-corrected chi connectivity index (χ0v) is 15.1. The lowest BCUT2D eigenvalue weighted by Crippen LogP contribution is -2.64. The van der Waals surface area contributed by atoms with Crippen molar-refractivity contribution in [3.63, 3.8) is 0 Å². The number of nitrogens with zero attached hydrogens (tertiary/aromatic N) is 3. The number of halogens is 6. The van der Waals surface area contributed by atoms with E-state index in [1.807, 2.05) is 7.05 Å². The third kappa shape index (κ3) is 4.69. The molecule has 0 aliphatic carbocycles. The molecular formula is C17H20F6N4O. The zero-order valence-electron chi connectivity index (χ0n) is 15.1. The molecule has 28 heavy (non-hydrogen) atoms. The molecular weight excluding hydrogens is 390 g/mol. The largest absolute Gasteiger partial charge is 0.416 e. The molecule has 2 aliphatic rings. The number of urea groups is 1. The fourth-order valence-corrected chi connectivity index (χ4v) is 3.27. The van der Waals surface area contributed by atoms with Gasteiger partial charge in [-0.25, -0.2) is 4.79 Å². The Kier molecular flexibility index (Phi) is 5.50. The number of likely N-dealkylation sites (tertiary alicyclic amines) is 1. The van der Waals surface area contributed by atoms with E-state index in [0.29, 0.717) is 25.2 Å². The van der Waals surface area contributed by atoms with Crippen molar-refractivity contribution >= 4 is 11.7 Å². The highest BCUT2D eigenvalue weighted by Crippen LogP contribution is 2.37. The molecule has 0 bridgehead atoms. The summed E-state index contributed by atoms with van der Waals surface area (Å²) >= 11 is 0. The van der Waals surface area contributed by atoms with Crippen molar-refractivity contribution in [1.29, 1.82) is 0 Å². The molecule has 2 aliphatic heterocycles. The zero-order chi connectivity index (χ0) is 20.7. The van der Waals surface area contributed by atoms with Crippen molar-refractivity contribution < 1.29 is 31.1 Å². The van der Waals surface area contributed by atoms with E-state index in [9.17, 15) is 31.1 Å². The van der Waals surface area contributed by atoms with Gasteiger partial charge in [-0.3, -0.25) is 4.90 Å². The van der Waals surface area contributed by atoms with Gasteiger partial charge in [0.1, 0.15) is 0 Å². The topological polar surface area (TPSA) is 38.8 Å². The summed E-state index contributed by atoms with van der Waals surface area (Å²) < 4.78 is 77.4. The Morgan fingerprint density at radius 3 is 1.89 bits per heavy atom. The van der Waals surface area contributed by atoms with Gasteiger partial charge >= 0.3 is 18.4 Å². The number of piperazine rings is 1. The Bertz CT molecular complexity index is 689. The number of amides is 2. The molecule has 1 aromatic rings. The SMILES string of the molecule is CN1CCN(C2CN(C(=O)Nc3cc(C(F)(F)F)cc(C(F)(F)F)c3)C2)CC1. The van der Waals surface area contributed by atoms with Crippen LogP contribution in [-0.2, 0) is 12.4 Å². The molecule has 1 aromatic carbocycles. The predicted molar refractivity (Wildman–Crippen MR) is 89.9 cm³/mol. The van der Waals surface area contributed by atoms with Crippen molar-refractivity contribution in [2.45, 2.75) is 18.4 Å². The summed E-state index contributed by atoms with van der Waals surface area (Å²) in [6.07, 6.45) is -9.91. The number of rotatable bonds is 2. The Balaban J connectivity index is 1.64. The molecule has 3 rings (SSSR count). The number of nitrogens with one attached hydrogen (secondary N) is 1. The van der Waals surface area contributed by atoms with E-state index in [-0.39, 0.29) is 12.1 Å². The summed E-state index contributed by atoms with van der Waals surface area (Å²) in [5.41, 5.74) is -3.46. The number of benzene rings is 1. The Hall–Kier alpha value is -2.01. The van der Waals surface area contributed by atoms with E-state index in [1.165, 1.54) is 4.90 Å². The third-order valence-electron chi connectivity index (χ3n) is 5.04. The van der Waals surface area contributed by atoms with Gasteiger partial charge in [0, 0.05) is 51.0 Å². The first-order chi connectivity index (χ1) is 12.9. The Labute approximate surface area is 157 Å². The lowest BCUT2D eigenvalue weighted by Gasteiger charge is -2.47. The van der Waals surface area contributed by atoms with Gasteiger partial charge in [-0.1, -0.05) is 0 Å². The van der Waals surface area contributed by atoms with Gasteiger partial charge in [0.2, 0.25) is 0 Å². The van der Waals surface area contributed by atoms with Crippen LogP contribution in [0.4, 0.5) is 36.8 Å².